The van der Waals surface area contributed by atoms with Crippen molar-refractivity contribution in [3.63, 3.8) is 0 Å². The summed E-state index contributed by atoms with van der Waals surface area (Å²) < 4.78 is 0. The third-order valence-electron chi connectivity index (χ3n) is 2.69. The Labute approximate surface area is 98.9 Å². The van der Waals surface area contributed by atoms with Gasteiger partial charge in [0.05, 0.1) is 11.4 Å². The van der Waals surface area contributed by atoms with E-state index in [1.54, 1.807) is 0 Å². The molecule has 0 bridgehead atoms. The van der Waals surface area contributed by atoms with Crippen molar-refractivity contribution in [3.05, 3.63) is 22.8 Å². The second-order valence-corrected chi connectivity index (χ2v) is 4.00. The maximum absolute atomic E-state index is 11.1. The van der Waals surface area contributed by atoms with Crippen LogP contribution in [-0.4, -0.2) is 32.5 Å². The first kappa shape index (κ1) is 11.3. The van der Waals surface area contributed by atoms with Crippen LogP contribution in [0, 0.1) is 0 Å². The molecule has 0 spiro atoms. The highest BCUT2D eigenvalue weighted by Gasteiger charge is 2.26. The number of carbonyl (C=O) groups is 1. The fourth-order valence-electron chi connectivity index (χ4n) is 1.84. The van der Waals surface area contributed by atoms with Crippen LogP contribution in [0.1, 0.15) is 34.5 Å². The van der Waals surface area contributed by atoms with Crippen LogP contribution in [0.4, 0.5) is 0 Å². The van der Waals surface area contributed by atoms with Crippen molar-refractivity contribution in [2.24, 2.45) is 0 Å². The molecule has 0 amide bonds. The molecule has 0 saturated carbocycles. The summed E-state index contributed by atoms with van der Waals surface area (Å²) in [6, 6.07) is 0. The highest BCUT2D eigenvalue weighted by molar-refractivity contribution is 7.79. The fraction of sp³-hybridized carbons (Fsp3) is 0.500. The first-order chi connectivity index (χ1) is 7.65. The van der Waals surface area contributed by atoms with Crippen molar-refractivity contribution < 1.29 is 9.90 Å². The summed E-state index contributed by atoms with van der Waals surface area (Å²) >= 11 is 4.08. The van der Waals surface area contributed by atoms with Gasteiger partial charge in [-0.15, -0.1) is 0 Å². The molecule has 6 heteroatoms. The normalized spacial score (nSPS) is 15.1. The first-order valence-corrected chi connectivity index (χ1v) is 5.74. The third kappa shape index (κ3) is 1.90. The predicted octanol–water partition coefficient (Wildman–Crippen LogP) is 0.940. The molecule has 2 rings (SSSR count). The average Bonchev–Trinajstić information content (AvgIpc) is 2.69. The van der Waals surface area contributed by atoms with Gasteiger partial charge in [0, 0.05) is 18.7 Å². The molecule has 86 valence electrons. The van der Waals surface area contributed by atoms with Crippen LogP contribution < -0.4 is 0 Å². The lowest BCUT2D eigenvalue weighted by molar-refractivity contribution is 0.0688. The van der Waals surface area contributed by atoms with Gasteiger partial charge in [-0.05, 0) is 6.54 Å². The van der Waals surface area contributed by atoms with Crippen LogP contribution in [0.15, 0.2) is 0 Å². The molecule has 1 aliphatic rings. The highest BCUT2D eigenvalue weighted by Crippen LogP contribution is 2.23. The molecular weight excluding hydrogens is 226 g/mol. The fourth-order valence-corrected chi connectivity index (χ4v) is 1.98. The van der Waals surface area contributed by atoms with E-state index in [2.05, 4.69) is 27.5 Å². The van der Waals surface area contributed by atoms with Gasteiger partial charge in [0.2, 0.25) is 0 Å². The summed E-state index contributed by atoms with van der Waals surface area (Å²) in [5.41, 5.74) is 1.71. The van der Waals surface area contributed by atoms with E-state index in [9.17, 15) is 4.79 Å². The Morgan fingerprint density at radius 2 is 2.25 bits per heavy atom. The van der Waals surface area contributed by atoms with E-state index in [4.69, 9.17) is 5.11 Å². The van der Waals surface area contributed by atoms with Gasteiger partial charge in [-0.25, -0.2) is 14.8 Å². The van der Waals surface area contributed by atoms with Crippen molar-refractivity contribution in [1.82, 2.24) is 14.9 Å². The lowest BCUT2D eigenvalue weighted by Crippen LogP contribution is -2.15. The molecule has 16 heavy (non-hydrogen) atoms. The quantitative estimate of drug-likeness (QED) is 0.768. The molecule has 0 unspecified atom stereocenters. The Kier molecular flexibility index (Phi) is 3.11. The second-order valence-electron chi connectivity index (χ2n) is 3.68. The number of aromatic carboxylic acids is 1. The van der Waals surface area contributed by atoms with Gasteiger partial charge in [-0.2, -0.15) is 12.6 Å². The summed E-state index contributed by atoms with van der Waals surface area (Å²) in [6.07, 6.45) is 0. The minimum atomic E-state index is -0.986. The Hall–Kier alpha value is -1.14. The minimum Gasteiger partial charge on any atom is -0.476 e. The number of aromatic nitrogens is 2. The van der Waals surface area contributed by atoms with Gasteiger partial charge in [-0.3, -0.25) is 4.90 Å². The van der Waals surface area contributed by atoms with Crippen LogP contribution in [0.2, 0.25) is 0 Å². The van der Waals surface area contributed by atoms with Gasteiger partial charge in [0.15, 0.2) is 5.69 Å². The average molecular weight is 239 g/mol. The number of hydrogen-bond donors (Lipinski definition) is 2. The van der Waals surface area contributed by atoms with Crippen LogP contribution in [0.3, 0.4) is 0 Å². The van der Waals surface area contributed by atoms with Crippen molar-refractivity contribution in [1.29, 1.82) is 0 Å². The van der Waals surface area contributed by atoms with E-state index in [1.165, 1.54) is 0 Å². The monoisotopic (exact) mass is 239 g/mol. The Morgan fingerprint density at radius 1 is 1.50 bits per heavy atom. The van der Waals surface area contributed by atoms with E-state index in [-0.39, 0.29) is 5.69 Å². The number of nitrogens with zero attached hydrogens (tertiary/aromatic N) is 3. The molecule has 5 nitrogen and oxygen atoms in total. The summed E-state index contributed by atoms with van der Waals surface area (Å²) in [5, 5.41) is 9.09. The Balaban J connectivity index is 2.47. The molecule has 1 aromatic heterocycles. The standard InChI is InChI=1S/C10H13N3O2S/c1-2-13-3-6-7(4-13)11-8(5-16)12-9(6)10(14)15/h16H,2-5H2,1H3,(H,14,15). The largest absolute Gasteiger partial charge is 0.476 e. The van der Waals surface area contributed by atoms with E-state index in [0.29, 0.717) is 24.7 Å². The molecule has 0 aromatic carbocycles. The molecule has 2 heterocycles. The van der Waals surface area contributed by atoms with Crippen molar-refractivity contribution in [3.8, 4) is 0 Å². The number of carboxylic acid groups (broad SMARTS) is 1. The van der Waals surface area contributed by atoms with Gasteiger partial charge in [-0.1, -0.05) is 6.92 Å². The molecule has 1 aromatic rings. The number of carboxylic acids is 1. The zero-order valence-electron chi connectivity index (χ0n) is 8.97. The molecule has 0 fully saturated rings. The maximum atomic E-state index is 11.1. The lowest BCUT2D eigenvalue weighted by Gasteiger charge is -2.09. The molecule has 1 N–H and O–H groups in total. The third-order valence-corrected chi connectivity index (χ3v) is 2.97. The summed E-state index contributed by atoms with van der Waals surface area (Å²) in [7, 11) is 0. The van der Waals surface area contributed by atoms with E-state index >= 15 is 0 Å². The van der Waals surface area contributed by atoms with Crippen molar-refractivity contribution in [2.75, 3.05) is 6.54 Å². The second kappa shape index (κ2) is 4.39. The number of fused-ring (bicyclic) bond motifs is 1. The number of rotatable bonds is 3. The Morgan fingerprint density at radius 3 is 2.81 bits per heavy atom. The van der Waals surface area contributed by atoms with Crippen LogP contribution in [0.25, 0.3) is 0 Å². The number of hydrogen-bond acceptors (Lipinski definition) is 5. The zero-order valence-corrected chi connectivity index (χ0v) is 9.87. The zero-order chi connectivity index (χ0) is 11.7. The molecule has 0 saturated heterocycles. The van der Waals surface area contributed by atoms with Crippen LogP contribution >= 0.6 is 12.6 Å². The highest BCUT2D eigenvalue weighted by atomic mass is 32.1. The number of thiol groups is 1. The van der Waals surface area contributed by atoms with Gasteiger partial charge >= 0.3 is 5.97 Å². The SMILES string of the molecule is CCN1Cc2nc(CS)nc(C(=O)O)c2C1. The molecule has 0 radical (unpaired) electrons. The molecule has 0 aliphatic carbocycles. The smallest absolute Gasteiger partial charge is 0.354 e. The molecule has 0 atom stereocenters. The Bertz CT molecular complexity index is 436. The van der Waals surface area contributed by atoms with Gasteiger partial charge < -0.3 is 5.11 Å². The van der Waals surface area contributed by atoms with Gasteiger partial charge in [0.1, 0.15) is 5.82 Å². The molecule has 1 aliphatic heterocycles. The van der Waals surface area contributed by atoms with Crippen molar-refractivity contribution >= 4 is 18.6 Å². The van der Waals surface area contributed by atoms with E-state index in [1.807, 2.05) is 6.92 Å². The lowest BCUT2D eigenvalue weighted by atomic mass is 10.2. The summed E-state index contributed by atoms with van der Waals surface area (Å²) in [6.45, 7) is 4.25. The predicted molar refractivity (Wildman–Crippen MR) is 61.5 cm³/mol. The van der Waals surface area contributed by atoms with E-state index in [0.717, 1.165) is 17.8 Å². The molecular formula is C10H13N3O2S. The maximum Gasteiger partial charge on any atom is 0.354 e. The van der Waals surface area contributed by atoms with Crippen LogP contribution in [0.5, 0.6) is 0 Å². The van der Waals surface area contributed by atoms with Gasteiger partial charge in [0.25, 0.3) is 0 Å². The van der Waals surface area contributed by atoms with Crippen molar-refractivity contribution in [2.45, 2.75) is 25.8 Å². The van der Waals surface area contributed by atoms with Crippen LogP contribution in [-0.2, 0) is 18.8 Å². The summed E-state index contributed by atoms with van der Waals surface area (Å²) in [5.74, 6) is -0.142. The first-order valence-electron chi connectivity index (χ1n) is 5.10. The minimum absolute atomic E-state index is 0.130. The summed E-state index contributed by atoms with van der Waals surface area (Å²) in [4.78, 5) is 21.6. The topological polar surface area (TPSA) is 66.3 Å². The van der Waals surface area contributed by atoms with E-state index < -0.39 is 5.97 Å².